The van der Waals surface area contributed by atoms with Gasteiger partial charge in [-0.2, -0.15) is 0 Å². The maximum Gasteiger partial charge on any atom is 0.0408 e. The van der Waals surface area contributed by atoms with Crippen molar-refractivity contribution in [1.82, 2.24) is 0 Å². The Morgan fingerprint density at radius 2 is 1.79 bits per heavy atom. The van der Waals surface area contributed by atoms with Gasteiger partial charge in [-0.1, -0.05) is 54.1 Å². The third kappa shape index (κ3) is 4.38. The molecule has 0 radical (unpaired) electrons. The molecular formula is C17H20ClN. The van der Waals surface area contributed by atoms with Crippen molar-refractivity contribution in [2.24, 2.45) is 5.73 Å². The fourth-order valence-electron chi connectivity index (χ4n) is 2.38. The molecule has 0 aliphatic carbocycles. The summed E-state index contributed by atoms with van der Waals surface area (Å²) in [6.07, 6.45) is 3.36. The fraction of sp³-hybridized carbons (Fsp3) is 0.294. The summed E-state index contributed by atoms with van der Waals surface area (Å²) < 4.78 is 0. The highest BCUT2D eigenvalue weighted by atomic mass is 35.5. The highest BCUT2D eigenvalue weighted by Gasteiger charge is 2.09. The van der Waals surface area contributed by atoms with Crippen molar-refractivity contribution in [3.63, 3.8) is 0 Å². The van der Waals surface area contributed by atoms with E-state index in [2.05, 4.69) is 36.4 Å². The second-order valence-corrected chi connectivity index (χ2v) is 5.30. The molecule has 2 aromatic carbocycles. The Labute approximate surface area is 120 Å². The maximum absolute atomic E-state index is 6.04. The molecule has 0 spiro atoms. The molecule has 0 aromatic heterocycles. The van der Waals surface area contributed by atoms with Crippen molar-refractivity contribution in [3.8, 4) is 0 Å². The molecular weight excluding hydrogens is 254 g/mol. The average Bonchev–Trinajstić information content (AvgIpc) is 2.45. The maximum atomic E-state index is 6.04. The van der Waals surface area contributed by atoms with E-state index in [1.165, 1.54) is 11.1 Å². The van der Waals surface area contributed by atoms with Crippen LogP contribution >= 0.6 is 11.6 Å². The highest BCUT2D eigenvalue weighted by molar-refractivity contribution is 6.30. The number of nitrogens with two attached hydrogens (primary N) is 1. The molecule has 1 unspecified atom stereocenters. The van der Waals surface area contributed by atoms with Crippen molar-refractivity contribution < 1.29 is 0 Å². The van der Waals surface area contributed by atoms with Gasteiger partial charge in [-0.15, -0.1) is 0 Å². The zero-order chi connectivity index (χ0) is 13.5. The molecule has 100 valence electrons. The molecule has 0 aliphatic rings. The number of aryl methyl sites for hydroxylation is 1. The van der Waals surface area contributed by atoms with Crippen LogP contribution in [0.3, 0.4) is 0 Å². The summed E-state index contributed by atoms with van der Waals surface area (Å²) in [5, 5.41) is 0.791. The summed E-state index contributed by atoms with van der Waals surface area (Å²) >= 11 is 6.04. The Kier molecular flexibility index (Phi) is 5.44. The van der Waals surface area contributed by atoms with E-state index in [9.17, 15) is 0 Å². The first-order valence-electron chi connectivity index (χ1n) is 6.79. The normalized spacial score (nSPS) is 12.3. The molecule has 0 amide bonds. The Hall–Kier alpha value is -1.31. The van der Waals surface area contributed by atoms with Gasteiger partial charge in [0.05, 0.1) is 0 Å². The predicted octanol–water partition coefficient (Wildman–Crippen LogP) is 4.41. The zero-order valence-electron chi connectivity index (χ0n) is 11.1. The lowest BCUT2D eigenvalue weighted by atomic mass is 9.93. The predicted molar refractivity (Wildman–Crippen MR) is 82.6 cm³/mol. The molecule has 0 bridgehead atoms. The third-order valence-corrected chi connectivity index (χ3v) is 3.70. The molecule has 1 atom stereocenters. The van der Waals surface area contributed by atoms with Crippen molar-refractivity contribution >= 4 is 11.6 Å². The molecule has 0 heterocycles. The van der Waals surface area contributed by atoms with Crippen LogP contribution in [0.25, 0.3) is 0 Å². The van der Waals surface area contributed by atoms with Gasteiger partial charge in [-0.25, -0.2) is 0 Å². The minimum atomic E-state index is 0.405. The van der Waals surface area contributed by atoms with Crippen LogP contribution in [0.2, 0.25) is 5.02 Å². The monoisotopic (exact) mass is 273 g/mol. The number of hydrogen-bond acceptors (Lipinski definition) is 1. The largest absolute Gasteiger partial charge is 0.330 e. The Morgan fingerprint density at radius 3 is 2.47 bits per heavy atom. The second kappa shape index (κ2) is 7.32. The molecule has 1 nitrogen and oxygen atoms in total. The van der Waals surface area contributed by atoms with Gasteiger partial charge in [0.25, 0.3) is 0 Å². The highest BCUT2D eigenvalue weighted by Crippen LogP contribution is 2.23. The molecule has 2 rings (SSSR count). The molecule has 2 N–H and O–H groups in total. The Balaban J connectivity index is 1.89. The van der Waals surface area contributed by atoms with Crippen LogP contribution in [-0.4, -0.2) is 6.54 Å². The van der Waals surface area contributed by atoms with Crippen LogP contribution in [0.4, 0.5) is 0 Å². The molecule has 0 saturated carbocycles. The average molecular weight is 274 g/mol. The van der Waals surface area contributed by atoms with Gasteiger partial charge in [-0.05, 0) is 55.0 Å². The molecule has 0 aliphatic heterocycles. The topological polar surface area (TPSA) is 26.0 Å². The van der Waals surface area contributed by atoms with Crippen molar-refractivity contribution in [2.75, 3.05) is 6.54 Å². The first-order valence-corrected chi connectivity index (χ1v) is 7.17. The van der Waals surface area contributed by atoms with Crippen molar-refractivity contribution in [1.29, 1.82) is 0 Å². The molecule has 2 aromatic rings. The van der Waals surface area contributed by atoms with Crippen LogP contribution in [0.1, 0.15) is 29.9 Å². The number of halogens is 1. The van der Waals surface area contributed by atoms with Crippen molar-refractivity contribution in [3.05, 3.63) is 70.7 Å². The van der Waals surface area contributed by atoms with Gasteiger partial charge in [0.2, 0.25) is 0 Å². The second-order valence-electron chi connectivity index (χ2n) is 4.87. The number of hydrogen-bond donors (Lipinski definition) is 1. The summed E-state index contributed by atoms with van der Waals surface area (Å²) in [4.78, 5) is 0. The van der Waals surface area contributed by atoms with Crippen LogP contribution in [0.15, 0.2) is 54.6 Å². The lowest BCUT2D eigenvalue weighted by Crippen LogP contribution is -2.12. The van der Waals surface area contributed by atoms with E-state index >= 15 is 0 Å². The Bertz CT molecular complexity index is 496. The van der Waals surface area contributed by atoms with Gasteiger partial charge in [0.15, 0.2) is 0 Å². The summed E-state index contributed by atoms with van der Waals surface area (Å²) in [6.45, 7) is 0.676. The smallest absolute Gasteiger partial charge is 0.0408 e. The quantitative estimate of drug-likeness (QED) is 0.829. The minimum Gasteiger partial charge on any atom is -0.330 e. The standard InChI is InChI=1S/C17H20ClN/c18-17-11-5-9-15(12-17)16(13-19)10-4-8-14-6-2-1-3-7-14/h1-3,5-7,9,11-12,16H,4,8,10,13,19H2. The molecule has 0 saturated heterocycles. The van der Waals surface area contributed by atoms with Gasteiger partial charge in [0, 0.05) is 5.02 Å². The van der Waals surface area contributed by atoms with Crippen LogP contribution in [0, 0.1) is 0 Å². The van der Waals surface area contributed by atoms with Crippen LogP contribution < -0.4 is 5.73 Å². The Morgan fingerprint density at radius 1 is 1.00 bits per heavy atom. The lowest BCUT2D eigenvalue weighted by molar-refractivity contribution is 0.599. The SMILES string of the molecule is NCC(CCCc1ccccc1)c1cccc(Cl)c1. The first kappa shape index (κ1) is 14.1. The first-order chi connectivity index (χ1) is 9.29. The summed E-state index contributed by atoms with van der Waals surface area (Å²) in [7, 11) is 0. The summed E-state index contributed by atoms with van der Waals surface area (Å²) in [5.41, 5.74) is 8.54. The third-order valence-electron chi connectivity index (χ3n) is 3.47. The van der Waals surface area contributed by atoms with Gasteiger partial charge in [-0.3, -0.25) is 0 Å². The van der Waals surface area contributed by atoms with Crippen molar-refractivity contribution in [2.45, 2.75) is 25.2 Å². The van der Waals surface area contributed by atoms with E-state index in [0.29, 0.717) is 12.5 Å². The van der Waals surface area contributed by atoms with Crippen LogP contribution in [-0.2, 0) is 6.42 Å². The summed E-state index contributed by atoms with van der Waals surface area (Å²) in [5.74, 6) is 0.405. The lowest BCUT2D eigenvalue weighted by Gasteiger charge is -2.15. The van der Waals surface area contributed by atoms with Gasteiger partial charge >= 0.3 is 0 Å². The van der Waals surface area contributed by atoms with Gasteiger partial charge in [0.1, 0.15) is 0 Å². The van der Waals surface area contributed by atoms with Crippen LogP contribution in [0.5, 0.6) is 0 Å². The van der Waals surface area contributed by atoms with E-state index in [4.69, 9.17) is 17.3 Å². The van der Waals surface area contributed by atoms with E-state index in [1.54, 1.807) is 0 Å². The molecule has 2 heteroatoms. The number of benzene rings is 2. The number of rotatable bonds is 6. The van der Waals surface area contributed by atoms with Gasteiger partial charge < -0.3 is 5.73 Å². The minimum absolute atomic E-state index is 0.405. The summed E-state index contributed by atoms with van der Waals surface area (Å²) in [6, 6.07) is 18.6. The van der Waals surface area contributed by atoms with E-state index in [0.717, 1.165) is 24.3 Å². The van der Waals surface area contributed by atoms with E-state index < -0.39 is 0 Å². The van der Waals surface area contributed by atoms with E-state index in [-0.39, 0.29) is 0 Å². The zero-order valence-corrected chi connectivity index (χ0v) is 11.8. The van der Waals surface area contributed by atoms with E-state index in [1.807, 2.05) is 18.2 Å². The fourth-order valence-corrected chi connectivity index (χ4v) is 2.58. The molecule has 0 fully saturated rings. The molecule has 19 heavy (non-hydrogen) atoms.